The lowest BCUT2D eigenvalue weighted by atomic mass is 10.0. The van der Waals surface area contributed by atoms with Crippen molar-refractivity contribution in [2.45, 2.75) is 33.2 Å². The van der Waals surface area contributed by atoms with Crippen molar-refractivity contribution in [3.63, 3.8) is 0 Å². The van der Waals surface area contributed by atoms with Crippen LogP contribution in [0.5, 0.6) is 0 Å². The second-order valence-electron chi connectivity index (χ2n) is 5.62. The maximum atomic E-state index is 11.9. The van der Waals surface area contributed by atoms with E-state index >= 15 is 0 Å². The number of carbonyl (C=O) groups is 1. The van der Waals surface area contributed by atoms with E-state index in [-0.39, 0.29) is 17.4 Å². The van der Waals surface area contributed by atoms with Gasteiger partial charge in [-0.2, -0.15) is 0 Å². The van der Waals surface area contributed by atoms with Crippen LogP contribution in [0.1, 0.15) is 27.7 Å². The predicted molar refractivity (Wildman–Crippen MR) is 66.1 cm³/mol. The molecule has 0 bridgehead atoms. The molecule has 1 amide bonds. The van der Waals surface area contributed by atoms with Crippen LogP contribution < -0.4 is 5.73 Å². The molecule has 0 aliphatic carbocycles. The Morgan fingerprint density at radius 2 is 1.75 bits per heavy atom. The molecule has 94 valence electrons. The highest BCUT2D eigenvalue weighted by atomic mass is 16.2. The van der Waals surface area contributed by atoms with E-state index in [2.05, 4.69) is 25.7 Å². The van der Waals surface area contributed by atoms with Crippen molar-refractivity contribution in [1.82, 2.24) is 9.80 Å². The summed E-state index contributed by atoms with van der Waals surface area (Å²) in [6, 6.07) is 0. The number of nitrogens with two attached hydrogens (primary N) is 1. The Kier molecular flexibility index (Phi) is 4.33. The lowest BCUT2D eigenvalue weighted by Crippen LogP contribution is -2.55. The number of rotatable bonds is 2. The summed E-state index contributed by atoms with van der Waals surface area (Å²) in [4.78, 5) is 16.3. The molecule has 1 heterocycles. The molecule has 2 N–H and O–H groups in total. The van der Waals surface area contributed by atoms with Crippen molar-refractivity contribution >= 4 is 5.91 Å². The average molecular weight is 227 g/mol. The molecule has 0 aromatic rings. The summed E-state index contributed by atoms with van der Waals surface area (Å²) in [7, 11) is 0. The van der Waals surface area contributed by atoms with Crippen LogP contribution in [0.15, 0.2) is 0 Å². The van der Waals surface area contributed by atoms with Gasteiger partial charge in [-0.3, -0.25) is 9.69 Å². The van der Waals surface area contributed by atoms with Gasteiger partial charge >= 0.3 is 0 Å². The molecule has 0 radical (unpaired) electrons. The van der Waals surface area contributed by atoms with Gasteiger partial charge in [-0.25, -0.2) is 0 Å². The summed E-state index contributed by atoms with van der Waals surface area (Å²) in [6.45, 7) is 12.6. The molecule has 1 aliphatic rings. The SMILES string of the molecule is CC(CN)C(=O)N1CCN(C(C)(C)C)CC1. The molecule has 1 rings (SSSR count). The summed E-state index contributed by atoms with van der Waals surface area (Å²) in [5, 5.41) is 0. The largest absolute Gasteiger partial charge is 0.340 e. The van der Waals surface area contributed by atoms with Crippen molar-refractivity contribution in [3.05, 3.63) is 0 Å². The molecule has 1 fully saturated rings. The quantitative estimate of drug-likeness (QED) is 0.748. The Labute approximate surface area is 98.8 Å². The number of hydrogen-bond acceptors (Lipinski definition) is 3. The smallest absolute Gasteiger partial charge is 0.226 e. The zero-order chi connectivity index (χ0) is 12.3. The lowest BCUT2D eigenvalue weighted by molar-refractivity contribution is -0.137. The number of piperazine rings is 1. The first kappa shape index (κ1) is 13.5. The molecule has 4 nitrogen and oxygen atoms in total. The highest BCUT2D eigenvalue weighted by molar-refractivity contribution is 5.78. The second-order valence-corrected chi connectivity index (χ2v) is 5.62. The zero-order valence-electron chi connectivity index (χ0n) is 11.0. The molecule has 0 aromatic heterocycles. The van der Waals surface area contributed by atoms with E-state index in [4.69, 9.17) is 5.73 Å². The minimum Gasteiger partial charge on any atom is -0.340 e. The van der Waals surface area contributed by atoms with Crippen LogP contribution >= 0.6 is 0 Å². The van der Waals surface area contributed by atoms with Gasteiger partial charge in [-0.15, -0.1) is 0 Å². The summed E-state index contributed by atoms with van der Waals surface area (Å²) in [5.41, 5.74) is 5.72. The van der Waals surface area contributed by atoms with E-state index in [0.29, 0.717) is 6.54 Å². The van der Waals surface area contributed by atoms with Gasteiger partial charge in [0.25, 0.3) is 0 Å². The van der Waals surface area contributed by atoms with Crippen LogP contribution in [0.2, 0.25) is 0 Å². The van der Waals surface area contributed by atoms with Gasteiger partial charge in [0.2, 0.25) is 5.91 Å². The minimum atomic E-state index is -0.0406. The molecule has 1 saturated heterocycles. The van der Waals surface area contributed by atoms with Gasteiger partial charge in [0, 0.05) is 44.2 Å². The van der Waals surface area contributed by atoms with Gasteiger partial charge in [0.1, 0.15) is 0 Å². The molecule has 4 heteroatoms. The lowest BCUT2D eigenvalue weighted by Gasteiger charge is -2.42. The van der Waals surface area contributed by atoms with E-state index < -0.39 is 0 Å². The van der Waals surface area contributed by atoms with E-state index in [9.17, 15) is 4.79 Å². The Balaban J connectivity index is 2.46. The highest BCUT2D eigenvalue weighted by Crippen LogP contribution is 2.16. The first-order chi connectivity index (χ1) is 7.36. The number of hydrogen-bond donors (Lipinski definition) is 1. The molecule has 0 spiro atoms. The van der Waals surface area contributed by atoms with E-state index in [1.807, 2.05) is 11.8 Å². The highest BCUT2D eigenvalue weighted by Gasteiger charge is 2.28. The van der Waals surface area contributed by atoms with Gasteiger partial charge in [0.05, 0.1) is 0 Å². The minimum absolute atomic E-state index is 0.0406. The van der Waals surface area contributed by atoms with Crippen molar-refractivity contribution < 1.29 is 4.79 Å². The maximum absolute atomic E-state index is 11.9. The van der Waals surface area contributed by atoms with Crippen molar-refractivity contribution in [3.8, 4) is 0 Å². The zero-order valence-corrected chi connectivity index (χ0v) is 11.0. The van der Waals surface area contributed by atoms with Gasteiger partial charge in [0.15, 0.2) is 0 Å². The molecule has 1 atom stereocenters. The predicted octanol–water partition coefficient (Wildman–Crippen LogP) is 0.524. The molecule has 1 aliphatic heterocycles. The summed E-state index contributed by atoms with van der Waals surface area (Å²) < 4.78 is 0. The van der Waals surface area contributed by atoms with Gasteiger partial charge < -0.3 is 10.6 Å². The van der Waals surface area contributed by atoms with Crippen molar-refractivity contribution in [2.75, 3.05) is 32.7 Å². The molecule has 16 heavy (non-hydrogen) atoms. The third-order valence-corrected chi connectivity index (χ3v) is 3.32. The van der Waals surface area contributed by atoms with Crippen molar-refractivity contribution in [1.29, 1.82) is 0 Å². The first-order valence-electron chi connectivity index (χ1n) is 6.10. The van der Waals surface area contributed by atoms with Crippen molar-refractivity contribution in [2.24, 2.45) is 11.7 Å². The fourth-order valence-electron chi connectivity index (χ4n) is 2.01. The monoisotopic (exact) mass is 227 g/mol. The fraction of sp³-hybridized carbons (Fsp3) is 0.917. The van der Waals surface area contributed by atoms with Gasteiger partial charge in [-0.05, 0) is 20.8 Å². The maximum Gasteiger partial charge on any atom is 0.226 e. The van der Waals surface area contributed by atoms with Crippen LogP contribution in [0, 0.1) is 5.92 Å². The van der Waals surface area contributed by atoms with Gasteiger partial charge in [-0.1, -0.05) is 6.92 Å². The average Bonchev–Trinajstić information content (AvgIpc) is 2.26. The fourth-order valence-corrected chi connectivity index (χ4v) is 2.01. The van der Waals surface area contributed by atoms with E-state index in [1.165, 1.54) is 0 Å². The third kappa shape index (κ3) is 3.19. The summed E-state index contributed by atoms with van der Waals surface area (Å²) >= 11 is 0. The Morgan fingerprint density at radius 3 is 2.12 bits per heavy atom. The van der Waals surface area contributed by atoms with Crippen LogP contribution in [-0.2, 0) is 4.79 Å². The third-order valence-electron chi connectivity index (χ3n) is 3.32. The number of amides is 1. The summed E-state index contributed by atoms with van der Waals surface area (Å²) in [5.74, 6) is 0.164. The number of carbonyl (C=O) groups excluding carboxylic acids is 1. The van der Waals surface area contributed by atoms with Crippen LogP contribution in [0.4, 0.5) is 0 Å². The van der Waals surface area contributed by atoms with Crippen LogP contribution in [0.25, 0.3) is 0 Å². The molecule has 0 saturated carbocycles. The van der Waals surface area contributed by atoms with E-state index in [1.54, 1.807) is 0 Å². The molecular formula is C12H25N3O. The topological polar surface area (TPSA) is 49.6 Å². The van der Waals surface area contributed by atoms with E-state index in [0.717, 1.165) is 26.2 Å². The van der Waals surface area contributed by atoms with Crippen LogP contribution in [0.3, 0.4) is 0 Å². The standard InChI is InChI=1S/C12H25N3O/c1-10(9-13)11(16)14-5-7-15(8-6-14)12(2,3)4/h10H,5-9,13H2,1-4H3. The normalized spacial score (nSPS) is 20.9. The molecule has 0 aromatic carbocycles. The number of nitrogens with zero attached hydrogens (tertiary/aromatic N) is 2. The Morgan fingerprint density at radius 1 is 1.25 bits per heavy atom. The summed E-state index contributed by atoms with van der Waals surface area (Å²) in [6.07, 6.45) is 0. The first-order valence-corrected chi connectivity index (χ1v) is 6.10. The van der Waals surface area contributed by atoms with Crippen LogP contribution in [-0.4, -0.2) is 54.0 Å². The Bertz CT molecular complexity index is 239. The molecule has 1 unspecified atom stereocenters. The second kappa shape index (κ2) is 5.15. The molecular weight excluding hydrogens is 202 g/mol. The Hall–Kier alpha value is -0.610.